The van der Waals surface area contributed by atoms with Crippen LogP contribution in [-0.4, -0.2) is 16.9 Å². The first kappa shape index (κ1) is 21.4. The van der Waals surface area contributed by atoms with Gasteiger partial charge >= 0.3 is 5.97 Å². The standard InChI is InChI=1S/C30H25NO4/c1-30(2)15-21-27(23(32)16-30)26-18-8-4-3-7-17(18)11-12-22(26)31-28(21)25-14-13-24(35-25)19-9-5-6-10-20(19)29(33)34/h3-14,28,31H,15-16H2,1-2H3,(H,33,34)/t28-/m0/s1. The van der Waals surface area contributed by atoms with Crippen molar-refractivity contribution in [3.8, 4) is 11.3 Å². The summed E-state index contributed by atoms with van der Waals surface area (Å²) in [6.07, 6.45) is 1.26. The van der Waals surface area contributed by atoms with Crippen molar-refractivity contribution in [2.75, 3.05) is 5.32 Å². The molecule has 0 saturated heterocycles. The summed E-state index contributed by atoms with van der Waals surface area (Å²) in [5, 5.41) is 15.4. The fourth-order valence-electron chi connectivity index (χ4n) is 5.60. The van der Waals surface area contributed by atoms with Gasteiger partial charge in [-0.25, -0.2) is 4.79 Å². The SMILES string of the molecule is CC1(C)CC(=O)C2=C(C1)[C@@H](c1ccc(-c3ccccc3C(=O)O)o1)Nc1ccc3ccccc3c12. The van der Waals surface area contributed by atoms with Gasteiger partial charge in [0.2, 0.25) is 0 Å². The Kier molecular flexibility index (Phi) is 4.71. The second kappa shape index (κ2) is 7.70. The highest BCUT2D eigenvalue weighted by atomic mass is 16.4. The van der Waals surface area contributed by atoms with E-state index in [1.165, 1.54) is 0 Å². The molecular weight excluding hydrogens is 438 g/mol. The Balaban J connectivity index is 1.53. The lowest BCUT2D eigenvalue weighted by molar-refractivity contribution is -0.116. The summed E-state index contributed by atoms with van der Waals surface area (Å²) < 4.78 is 6.28. The number of hydrogen-bond donors (Lipinski definition) is 2. The Morgan fingerprint density at radius 1 is 0.971 bits per heavy atom. The van der Waals surface area contributed by atoms with Crippen molar-refractivity contribution >= 4 is 33.8 Å². The van der Waals surface area contributed by atoms with Crippen molar-refractivity contribution in [3.63, 3.8) is 0 Å². The molecule has 174 valence electrons. The van der Waals surface area contributed by atoms with E-state index >= 15 is 0 Å². The number of aromatic carboxylic acids is 1. The maximum absolute atomic E-state index is 13.6. The number of anilines is 1. The predicted molar refractivity (Wildman–Crippen MR) is 136 cm³/mol. The molecule has 1 aliphatic carbocycles. The van der Waals surface area contributed by atoms with Gasteiger partial charge in [-0.05, 0) is 52.4 Å². The number of allylic oxidation sites excluding steroid dienone is 1. The summed E-state index contributed by atoms with van der Waals surface area (Å²) in [7, 11) is 0. The van der Waals surface area contributed by atoms with E-state index in [2.05, 4.69) is 37.4 Å². The highest BCUT2D eigenvalue weighted by Crippen LogP contribution is 2.52. The van der Waals surface area contributed by atoms with Crippen LogP contribution in [-0.2, 0) is 4.79 Å². The van der Waals surface area contributed by atoms with Crippen LogP contribution in [0.1, 0.15) is 54.4 Å². The molecule has 5 heteroatoms. The molecule has 1 aliphatic heterocycles. The van der Waals surface area contributed by atoms with Crippen LogP contribution in [0.15, 0.2) is 82.8 Å². The first-order valence-corrected chi connectivity index (χ1v) is 11.8. The largest absolute Gasteiger partial charge is 0.478 e. The minimum atomic E-state index is -1.00. The molecule has 1 atom stereocenters. The number of carboxylic acid groups (broad SMARTS) is 1. The van der Waals surface area contributed by atoms with Gasteiger partial charge in [0, 0.05) is 28.8 Å². The van der Waals surface area contributed by atoms with Crippen molar-refractivity contribution in [2.24, 2.45) is 5.41 Å². The maximum atomic E-state index is 13.6. The predicted octanol–water partition coefficient (Wildman–Crippen LogP) is 7.11. The molecule has 35 heavy (non-hydrogen) atoms. The summed E-state index contributed by atoms with van der Waals surface area (Å²) in [6, 6.07) is 22.5. The third-order valence-electron chi connectivity index (χ3n) is 7.07. The van der Waals surface area contributed by atoms with Gasteiger partial charge in [0.15, 0.2) is 5.78 Å². The number of rotatable bonds is 3. The summed E-state index contributed by atoms with van der Waals surface area (Å²) in [5.74, 6) is 0.313. The summed E-state index contributed by atoms with van der Waals surface area (Å²) in [4.78, 5) is 25.3. The monoisotopic (exact) mass is 463 g/mol. The molecule has 0 unspecified atom stereocenters. The van der Waals surface area contributed by atoms with Crippen molar-refractivity contribution in [1.29, 1.82) is 0 Å². The minimum Gasteiger partial charge on any atom is -0.478 e. The fourth-order valence-corrected chi connectivity index (χ4v) is 5.60. The van der Waals surface area contributed by atoms with Crippen LogP contribution in [0.5, 0.6) is 0 Å². The van der Waals surface area contributed by atoms with Gasteiger partial charge in [0.05, 0.1) is 5.56 Å². The number of carboxylic acids is 1. The second-order valence-corrected chi connectivity index (χ2v) is 10.2. The Labute approximate surface area is 203 Å². The number of hydrogen-bond acceptors (Lipinski definition) is 4. The van der Waals surface area contributed by atoms with Gasteiger partial charge in [0.25, 0.3) is 0 Å². The topological polar surface area (TPSA) is 79.5 Å². The van der Waals surface area contributed by atoms with Crippen LogP contribution < -0.4 is 5.32 Å². The molecule has 2 N–H and O–H groups in total. The average Bonchev–Trinajstić information content (AvgIpc) is 3.32. The number of carbonyl (C=O) groups excluding carboxylic acids is 1. The van der Waals surface area contributed by atoms with Crippen LogP contribution in [0.25, 0.3) is 27.7 Å². The molecule has 1 aromatic heterocycles. The number of Topliss-reactive ketones (excluding diaryl/α,β-unsaturated/α-hetero) is 1. The summed E-state index contributed by atoms with van der Waals surface area (Å²) in [6.45, 7) is 4.25. The number of nitrogens with one attached hydrogen (secondary N) is 1. The highest BCUT2D eigenvalue weighted by molar-refractivity contribution is 6.28. The molecule has 6 rings (SSSR count). The van der Waals surface area contributed by atoms with Gasteiger partial charge in [-0.3, -0.25) is 4.79 Å². The van der Waals surface area contributed by atoms with Crippen molar-refractivity contribution in [2.45, 2.75) is 32.7 Å². The van der Waals surface area contributed by atoms with Crippen molar-refractivity contribution in [3.05, 3.63) is 95.3 Å². The van der Waals surface area contributed by atoms with E-state index in [-0.39, 0.29) is 22.8 Å². The molecule has 2 heterocycles. The highest BCUT2D eigenvalue weighted by Gasteiger charge is 2.41. The van der Waals surface area contributed by atoms with Crippen LogP contribution in [0.2, 0.25) is 0 Å². The zero-order valence-corrected chi connectivity index (χ0v) is 19.6. The van der Waals surface area contributed by atoms with Crippen LogP contribution in [0.3, 0.4) is 0 Å². The first-order chi connectivity index (χ1) is 16.8. The van der Waals surface area contributed by atoms with Gasteiger partial charge in [0.1, 0.15) is 17.6 Å². The van der Waals surface area contributed by atoms with Gasteiger partial charge in [-0.2, -0.15) is 0 Å². The van der Waals surface area contributed by atoms with E-state index in [9.17, 15) is 14.7 Å². The smallest absolute Gasteiger partial charge is 0.336 e. The molecule has 3 aromatic carbocycles. The van der Waals surface area contributed by atoms with Gasteiger partial charge in [-0.15, -0.1) is 0 Å². The number of benzene rings is 3. The quantitative estimate of drug-likeness (QED) is 0.338. The molecule has 4 aromatic rings. The Bertz CT molecular complexity index is 1560. The lowest BCUT2D eigenvalue weighted by atomic mass is 9.68. The molecule has 5 nitrogen and oxygen atoms in total. The van der Waals surface area contributed by atoms with Crippen LogP contribution >= 0.6 is 0 Å². The average molecular weight is 464 g/mol. The van der Waals surface area contributed by atoms with E-state index in [0.29, 0.717) is 23.5 Å². The molecule has 0 spiro atoms. The molecule has 2 aliphatic rings. The number of carbonyl (C=O) groups is 2. The zero-order chi connectivity index (χ0) is 24.3. The van der Waals surface area contributed by atoms with E-state index in [0.717, 1.165) is 39.6 Å². The summed E-state index contributed by atoms with van der Waals surface area (Å²) >= 11 is 0. The second-order valence-electron chi connectivity index (χ2n) is 10.2. The molecular formula is C30H25NO4. The van der Waals surface area contributed by atoms with Gasteiger partial charge < -0.3 is 14.8 Å². The minimum absolute atomic E-state index is 0.156. The van der Waals surface area contributed by atoms with Gasteiger partial charge in [-0.1, -0.05) is 62.4 Å². The number of ketones is 1. The molecule has 0 fully saturated rings. The fraction of sp³-hybridized carbons (Fsp3) is 0.200. The molecule has 0 amide bonds. The van der Waals surface area contributed by atoms with Crippen LogP contribution in [0, 0.1) is 5.41 Å². The van der Waals surface area contributed by atoms with E-state index in [4.69, 9.17) is 4.42 Å². The molecule has 0 bridgehead atoms. The maximum Gasteiger partial charge on any atom is 0.336 e. The van der Waals surface area contributed by atoms with Crippen molar-refractivity contribution < 1.29 is 19.1 Å². The lowest BCUT2D eigenvalue weighted by Crippen LogP contribution is -2.32. The normalized spacial score (nSPS) is 18.7. The Morgan fingerprint density at radius 3 is 2.57 bits per heavy atom. The third kappa shape index (κ3) is 3.46. The third-order valence-corrected chi connectivity index (χ3v) is 7.07. The van der Waals surface area contributed by atoms with E-state index < -0.39 is 5.97 Å². The number of fused-ring (bicyclic) bond motifs is 4. The molecule has 0 saturated carbocycles. The number of furan rings is 1. The van der Waals surface area contributed by atoms with Crippen LogP contribution in [0.4, 0.5) is 5.69 Å². The van der Waals surface area contributed by atoms with E-state index in [1.54, 1.807) is 24.3 Å². The zero-order valence-electron chi connectivity index (χ0n) is 19.6. The Morgan fingerprint density at radius 2 is 1.74 bits per heavy atom. The lowest BCUT2D eigenvalue weighted by Gasteiger charge is -2.39. The van der Waals surface area contributed by atoms with E-state index in [1.807, 2.05) is 30.3 Å². The summed E-state index contributed by atoms with van der Waals surface area (Å²) in [5.41, 5.74) is 4.26. The molecule has 0 radical (unpaired) electrons. The van der Waals surface area contributed by atoms with Crippen molar-refractivity contribution in [1.82, 2.24) is 0 Å². The first-order valence-electron chi connectivity index (χ1n) is 11.8. The Hall–Kier alpha value is -4.12.